The molecule has 2 rings (SSSR count). The van der Waals surface area contributed by atoms with Crippen LogP contribution in [0, 0.1) is 5.92 Å². The van der Waals surface area contributed by atoms with E-state index in [1.807, 2.05) is 19.1 Å². The topological polar surface area (TPSA) is 21.3 Å². The molecule has 0 heterocycles. The molecular weight excluding hydrogens is 210 g/mol. The van der Waals surface area contributed by atoms with Gasteiger partial charge in [0.1, 0.15) is 5.75 Å². The Morgan fingerprint density at radius 2 is 2.12 bits per heavy atom. The van der Waals surface area contributed by atoms with Crippen LogP contribution in [0.5, 0.6) is 5.75 Å². The molecule has 2 heteroatoms. The van der Waals surface area contributed by atoms with Gasteiger partial charge in [0.15, 0.2) is 0 Å². The third-order valence-electron chi connectivity index (χ3n) is 3.30. The van der Waals surface area contributed by atoms with E-state index in [2.05, 4.69) is 24.4 Å². The molecule has 1 N–H and O–H groups in total. The molecule has 1 fully saturated rings. The lowest BCUT2D eigenvalue weighted by Crippen LogP contribution is -2.26. The summed E-state index contributed by atoms with van der Waals surface area (Å²) in [4.78, 5) is 0. The molecule has 94 valence electrons. The Morgan fingerprint density at radius 1 is 1.35 bits per heavy atom. The van der Waals surface area contributed by atoms with Crippen LogP contribution in [0.1, 0.15) is 38.7 Å². The van der Waals surface area contributed by atoms with Gasteiger partial charge < -0.3 is 10.1 Å². The van der Waals surface area contributed by atoms with Crippen molar-refractivity contribution in [3.63, 3.8) is 0 Å². The van der Waals surface area contributed by atoms with Crippen molar-refractivity contribution in [3.05, 3.63) is 29.8 Å². The van der Waals surface area contributed by atoms with Gasteiger partial charge in [-0.05, 0) is 32.3 Å². The summed E-state index contributed by atoms with van der Waals surface area (Å²) in [5, 5.41) is 3.59. The highest BCUT2D eigenvalue weighted by Crippen LogP contribution is 2.33. The molecule has 0 spiro atoms. The number of hydrogen-bond donors (Lipinski definition) is 1. The lowest BCUT2D eigenvalue weighted by molar-refractivity contribution is 0.334. The number of rotatable bonds is 7. The van der Waals surface area contributed by atoms with E-state index in [-0.39, 0.29) is 0 Å². The largest absolute Gasteiger partial charge is 0.494 e. The fourth-order valence-electron chi connectivity index (χ4n) is 2.17. The summed E-state index contributed by atoms with van der Waals surface area (Å²) in [6, 6.07) is 8.90. The second-order valence-corrected chi connectivity index (χ2v) is 5.00. The predicted molar refractivity (Wildman–Crippen MR) is 71.3 cm³/mol. The van der Waals surface area contributed by atoms with Gasteiger partial charge >= 0.3 is 0 Å². The molecule has 1 aromatic carbocycles. The zero-order valence-electron chi connectivity index (χ0n) is 10.9. The molecule has 1 unspecified atom stereocenters. The maximum atomic E-state index is 5.62. The Bertz CT molecular complexity index is 347. The van der Waals surface area contributed by atoms with E-state index in [4.69, 9.17) is 4.74 Å². The molecule has 1 aliphatic carbocycles. The third-order valence-corrected chi connectivity index (χ3v) is 3.30. The summed E-state index contributed by atoms with van der Waals surface area (Å²) in [6.07, 6.45) is 4.18. The summed E-state index contributed by atoms with van der Waals surface area (Å²) in [5.41, 5.74) is 1.26. The lowest BCUT2D eigenvalue weighted by Gasteiger charge is -2.15. The molecule has 17 heavy (non-hydrogen) atoms. The van der Waals surface area contributed by atoms with E-state index in [0.717, 1.165) is 24.8 Å². The van der Waals surface area contributed by atoms with E-state index in [1.54, 1.807) is 0 Å². The average Bonchev–Trinajstić information content (AvgIpc) is 3.12. The van der Waals surface area contributed by atoms with Crippen LogP contribution in [0.25, 0.3) is 0 Å². The highest BCUT2D eigenvalue weighted by atomic mass is 16.5. The number of nitrogens with one attached hydrogen (secondary N) is 1. The van der Waals surface area contributed by atoms with Crippen molar-refractivity contribution in [2.75, 3.05) is 6.61 Å². The van der Waals surface area contributed by atoms with Crippen molar-refractivity contribution in [3.8, 4) is 5.75 Å². The Balaban J connectivity index is 1.83. The number of hydrogen-bond acceptors (Lipinski definition) is 2. The van der Waals surface area contributed by atoms with E-state index in [9.17, 15) is 0 Å². The molecular formula is C15H23NO. The van der Waals surface area contributed by atoms with Crippen LogP contribution in [0.15, 0.2) is 24.3 Å². The van der Waals surface area contributed by atoms with Crippen molar-refractivity contribution >= 4 is 0 Å². The van der Waals surface area contributed by atoms with Gasteiger partial charge in [-0.15, -0.1) is 0 Å². The van der Waals surface area contributed by atoms with Gasteiger partial charge in [-0.3, -0.25) is 0 Å². The smallest absolute Gasteiger partial charge is 0.123 e. The van der Waals surface area contributed by atoms with Gasteiger partial charge in [-0.1, -0.05) is 31.0 Å². The molecule has 1 atom stereocenters. The minimum Gasteiger partial charge on any atom is -0.494 e. The fraction of sp³-hybridized carbons (Fsp3) is 0.600. The number of para-hydroxylation sites is 1. The fourth-order valence-corrected chi connectivity index (χ4v) is 2.17. The van der Waals surface area contributed by atoms with Gasteiger partial charge in [0.25, 0.3) is 0 Å². The van der Waals surface area contributed by atoms with Crippen LogP contribution in [0.3, 0.4) is 0 Å². The molecule has 0 bridgehead atoms. The summed E-state index contributed by atoms with van der Waals surface area (Å²) in [7, 11) is 0. The van der Waals surface area contributed by atoms with E-state index < -0.39 is 0 Å². The van der Waals surface area contributed by atoms with E-state index in [0.29, 0.717) is 6.04 Å². The van der Waals surface area contributed by atoms with E-state index in [1.165, 1.54) is 24.8 Å². The maximum Gasteiger partial charge on any atom is 0.123 e. The standard InChI is InChI=1S/C15H23NO/c1-3-17-15-7-5-4-6-14(15)11-16-12(2)10-13-8-9-13/h4-7,12-13,16H,3,8-11H2,1-2H3. The Labute approximate surface area is 104 Å². The average molecular weight is 233 g/mol. The number of benzene rings is 1. The molecule has 0 aromatic heterocycles. The summed E-state index contributed by atoms with van der Waals surface area (Å²) in [5.74, 6) is 2.00. The highest BCUT2D eigenvalue weighted by Gasteiger charge is 2.23. The zero-order chi connectivity index (χ0) is 12.1. The van der Waals surface area contributed by atoms with Crippen LogP contribution in [0.2, 0.25) is 0 Å². The van der Waals surface area contributed by atoms with Crippen molar-refractivity contribution in [2.45, 2.75) is 45.7 Å². The SMILES string of the molecule is CCOc1ccccc1CNC(C)CC1CC1. The molecule has 0 aliphatic heterocycles. The minimum absolute atomic E-state index is 0.609. The lowest BCUT2D eigenvalue weighted by atomic mass is 10.1. The molecule has 0 amide bonds. The summed E-state index contributed by atoms with van der Waals surface area (Å²) >= 11 is 0. The number of ether oxygens (including phenoxy) is 1. The molecule has 1 saturated carbocycles. The van der Waals surface area contributed by atoms with Gasteiger partial charge in [0.2, 0.25) is 0 Å². The van der Waals surface area contributed by atoms with Crippen molar-refractivity contribution in [1.82, 2.24) is 5.32 Å². The molecule has 0 saturated heterocycles. The van der Waals surface area contributed by atoms with Crippen molar-refractivity contribution < 1.29 is 4.74 Å². The molecule has 0 radical (unpaired) electrons. The first-order valence-electron chi connectivity index (χ1n) is 6.73. The van der Waals surface area contributed by atoms with Crippen LogP contribution < -0.4 is 10.1 Å². The molecule has 2 nitrogen and oxygen atoms in total. The second kappa shape index (κ2) is 6.06. The monoisotopic (exact) mass is 233 g/mol. The third kappa shape index (κ3) is 4.04. The second-order valence-electron chi connectivity index (χ2n) is 5.00. The zero-order valence-corrected chi connectivity index (χ0v) is 10.9. The van der Waals surface area contributed by atoms with Gasteiger partial charge in [0, 0.05) is 18.2 Å². The van der Waals surface area contributed by atoms with Gasteiger partial charge in [-0.25, -0.2) is 0 Å². The first-order valence-corrected chi connectivity index (χ1v) is 6.73. The van der Waals surface area contributed by atoms with Crippen molar-refractivity contribution in [2.24, 2.45) is 5.92 Å². The Hall–Kier alpha value is -1.02. The first kappa shape index (κ1) is 12.4. The molecule has 1 aromatic rings. The van der Waals surface area contributed by atoms with Crippen molar-refractivity contribution in [1.29, 1.82) is 0 Å². The van der Waals surface area contributed by atoms with Gasteiger partial charge in [0.05, 0.1) is 6.61 Å². The Kier molecular flexibility index (Phi) is 4.43. The van der Waals surface area contributed by atoms with Crippen LogP contribution in [0.4, 0.5) is 0 Å². The predicted octanol–water partition coefficient (Wildman–Crippen LogP) is 3.36. The first-order chi connectivity index (χ1) is 8.29. The molecule has 1 aliphatic rings. The van der Waals surface area contributed by atoms with Crippen LogP contribution >= 0.6 is 0 Å². The summed E-state index contributed by atoms with van der Waals surface area (Å²) < 4.78 is 5.62. The highest BCUT2D eigenvalue weighted by molar-refractivity contribution is 5.33. The maximum absolute atomic E-state index is 5.62. The van der Waals surface area contributed by atoms with Gasteiger partial charge in [-0.2, -0.15) is 0 Å². The van der Waals surface area contributed by atoms with E-state index >= 15 is 0 Å². The van der Waals surface area contributed by atoms with Crippen LogP contribution in [-0.2, 0) is 6.54 Å². The van der Waals surface area contributed by atoms with Crippen LogP contribution in [-0.4, -0.2) is 12.6 Å². The quantitative estimate of drug-likeness (QED) is 0.779. The normalized spacial score (nSPS) is 16.8. The Morgan fingerprint density at radius 3 is 2.82 bits per heavy atom. The minimum atomic E-state index is 0.609. The summed E-state index contributed by atoms with van der Waals surface area (Å²) in [6.45, 7) is 5.94.